The van der Waals surface area contributed by atoms with Crippen LogP contribution in [0.15, 0.2) is 48.7 Å². The minimum absolute atomic E-state index is 0.0734. The van der Waals surface area contributed by atoms with Crippen LogP contribution in [0.25, 0.3) is 11.1 Å². The highest BCUT2D eigenvalue weighted by Crippen LogP contribution is 2.39. The van der Waals surface area contributed by atoms with Gasteiger partial charge in [0.05, 0.1) is 6.42 Å². The van der Waals surface area contributed by atoms with E-state index in [0.717, 1.165) is 22.4 Å². The fraction of sp³-hybridized carbons (Fsp3) is 0.211. The lowest BCUT2D eigenvalue weighted by molar-refractivity contribution is -0.115. The van der Waals surface area contributed by atoms with E-state index in [-0.39, 0.29) is 5.91 Å². The van der Waals surface area contributed by atoms with Crippen molar-refractivity contribution in [3.63, 3.8) is 0 Å². The summed E-state index contributed by atoms with van der Waals surface area (Å²) in [6, 6.07) is 13.5. The average Bonchev–Trinajstić information content (AvgIpc) is 3.36. The van der Waals surface area contributed by atoms with Crippen molar-refractivity contribution in [3.8, 4) is 11.1 Å². The van der Waals surface area contributed by atoms with Crippen molar-refractivity contribution in [3.05, 3.63) is 59.9 Å². The Kier molecular flexibility index (Phi) is 3.93. The number of nitrogens with zero attached hydrogens (tertiary/aromatic N) is 2. The third kappa shape index (κ3) is 3.68. The number of anilines is 2. The van der Waals surface area contributed by atoms with E-state index in [0.29, 0.717) is 24.0 Å². The van der Waals surface area contributed by atoms with Crippen LogP contribution >= 0.6 is 0 Å². The van der Waals surface area contributed by atoms with E-state index in [1.54, 1.807) is 12.3 Å². The highest BCUT2D eigenvalue weighted by Gasteiger charge is 2.25. The van der Waals surface area contributed by atoms with Crippen molar-refractivity contribution in [2.24, 2.45) is 0 Å². The van der Waals surface area contributed by atoms with Gasteiger partial charge in [0.25, 0.3) is 0 Å². The quantitative estimate of drug-likeness (QED) is 0.668. The predicted molar refractivity (Wildman–Crippen MR) is 97.0 cm³/mol. The summed E-state index contributed by atoms with van der Waals surface area (Å²) in [6.07, 6.45) is 4.45. The summed E-state index contributed by atoms with van der Waals surface area (Å²) in [6.45, 7) is 0. The molecular formula is C19H19N5O. The van der Waals surface area contributed by atoms with Gasteiger partial charge in [-0.15, -0.1) is 0 Å². The fourth-order valence-corrected chi connectivity index (χ4v) is 2.77. The number of nitrogens with one attached hydrogen (secondary N) is 2. The Morgan fingerprint density at radius 2 is 1.92 bits per heavy atom. The molecule has 1 aliphatic rings. The summed E-state index contributed by atoms with van der Waals surface area (Å²) in [4.78, 5) is 16.3. The second-order valence-electron chi connectivity index (χ2n) is 6.38. The van der Waals surface area contributed by atoms with Crippen molar-refractivity contribution in [2.75, 3.05) is 11.1 Å². The molecular weight excluding hydrogens is 314 g/mol. The molecule has 1 saturated carbocycles. The molecule has 3 aromatic rings. The smallest absolute Gasteiger partial charge is 0.229 e. The van der Waals surface area contributed by atoms with Crippen molar-refractivity contribution < 1.29 is 4.79 Å². The number of hydrogen-bond donors (Lipinski definition) is 3. The zero-order valence-electron chi connectivity index (χ0n) is 13.7. The Balaban J connectivity index is 1.38. The van der Waals surface area contributed by atoms with Crippen LogP contribution in [0.3, 0.4) is 0 Å². The van der Waals surface area contributed by atoms with Gasteiger partial charge in [0.1, 0.15) is 5.82 Å². The Hall–Kier alpha value is -3.15. The number of rotatable bonds is 5. The van der Waals surface area contributed by atoms with Crippen LogP contribution in [0.4, 0.5) is 11.6 Å². The maximum absolute atomic E-state index is 12.2. The summed E-state index contributed by atoms with van der Waals surface area (Å²) >= 11 is 0. The monoisotopic (exact) mass is 333 g/mol. The van der Waals surface area contributed by atoms with E-state index >= 15 is 0 Å². The lowest BCUT2D eigenvalue weighted by Gasteiger charge is -2.05. The average molecular weight is 333 g/mol. The molecule has 0 saturated heterocycles. The van der Waals surface area contributed by atoms with Gasteiger partial charge in [0, 0.05) is 29.4 Å². The van der Waals surface area contributed by atoms with Gasteiger partial charge in [0.2, 0.25) is 5.91 Å². The van der Waals surface area contributed by atoms with E-state index < -0.39 is 0 Å². The Morgan fingerprint density at radius 3 is 2.60 bits per heavy atom. The minimum Gasteiger partial charge on any atom is -0.384 e. The lowest BCUT2D eigenvalue weighted by atomic mass is 10.0. The molecule has 0 spiro atoms. The second kappa shape index (κ2) is 6.39. The lowest BCUT2D eigenvalue weighted by Crippen LogP contribution is -2.14. The molecule has 25 heavy (non-hydrogen) atoms. The molecule has 1 aromatic carbocycles. The van der Waals surface area contributed by atoms with Crippen LogP contribution in [-0.4, -0.2) is 21.1 Å². The molecule has 0 unspecified atom stereocenters. The third-order valence-corrected chi connectivity index (χ3v) is 4.32. The summed E-state index contributed by atoms with van der Waals surface area (Å²) < 4.78 is 0. The Labute approximate surface area is 145 Å². The third-order valence-electron chi connectivity index (χ3n) is 4.32. The van der Waals surface area contributed by atoms with Gasteiger partial charge in [0.15, 0.2) is 5.82 Å². The molecule has 1 aliphatic carbocycles. The van der Waals surface area contributed by atoms with Gasteiger partial charge in [-0.05, 0) is 36.1 Å². The number of nitrogens with two attached hydrogens (primary N) is 1. The molecule has 2 aromatic heterocycles. The van der Waals surface area contributed by atoms with Gasteiger partial charge in [-0.2, -0.15) is 5.10 Å². The first-order chi connectivity index (χ1) is 12.2. The molecule has 4 N–H and O–H groups in total. The maximum Gasteiger partial charge on any atom is 0.229 e. The molecule has 0 radical (unpaired) electrons. The van der Waals surface area contributed by atoms with Crippen LogP contribution < -0.4 is 11.1 Å². The maximum atomic E-state index is 12.2. The standard InChI is InChI=1S/C19H19N5O/c20-17-8-7-15(11-21-17)13-3-1-12(2-4-13)9-19(25)22-18-10-16(23-24-18)14-5-6-14/h1-4,7-8,10-11,14H,5-6,9H2,(H2,20,21)(H2,22,23,24,25). The molecule has 6 heteroatoms. The van der Waals surface area contributed by atoms with Crippen molar-refractivity contribution in [2.45, 2.75) is 25.2 Å². The first-order valence-corrected chi connectivity index (χ1v) is 8.33. The number of carbonyl (C=O) groups is 1. The number of pyridine rings is 1. The summed E-state index contributed by atoms with van der Waals surface area (Å²) in [5.41, 5.74) is 9.70. The summed E-state index contributed by atoms with van der Waals surface area (Å²) in [5, 5.41) is 9.97. The molecule has 2 heterocycles. The van der Waals surface area contributed by atoms with E-state index in [1.165, 1.54) is 12.8 Å². The number of carbonyl (C=O) groups excluding carboxylic acids is 1. The second-order valence-corrected chi connectivity index (χ2v) is 6.38. The van der Waals surface area contributed by atoms with Crippen LogP contribution in [0.1, 0.15) is 30.0 Å². The van der Waals surface area contributed by atoms with E-state index in [1.807, 2.05) is 36.4 Å². The normalized spacial score (nSPS) is 13.6. The number of H-pyrrole nitrogens is 1. The number of aromatic nitrogens is 3. The zero-order chi connectivity index (χ0) is 17.2. The van der Waals surface area contributed by atoms with Crippen LogP contribution in [0.5, 0.6) is 0 Å². The Morgan fingerprint density at radius 1 is 1.16 bits per heavy atom. The van der Waals surface area contributed by atoms with E-state index in [4.69, 9.17) is 5.73 Å². The number of hydrogen-bond acceptors (Lipinski definition) is 4. The minimum atomic E-state index is -0.0734. The first-order valence-electron chi connectivity index (χ1n) is 8.33. The largest absolute Gasteiger partial charge is 0.384 e. The van der Waals surface area contributed by atoms with Gasteiger partial charge < -0.3 is 11.1 Å². The van der Waals surface area contributed by atoms with Crippen LogP contribution in [-0.2, 0) is 11.2 Å². The fourth-order valence-electron chi connectivity index (χ4n) is 2.77. The number of nitrogen functional groups attached to an aromatic ring is 1. The molecule has 0 aliphatic heterocycles. The highest BCUT2D eigenvalue weighted by atomic mass is 16.1. The zero-order valence-corrected chi connectivity index (χ0v) is 13.7. The molecule has 1 fully saturated rings. The molecule has 6 nitrogen and oxygen atoms in total. The summed E-state index contributed by atoms with van der Waals surface area (Å²) in [7, 11) is 0. The topological polar surface area (TPSA) is 96.7 Å². The highest BCUT2D eigenvalue weighted by molar-refractivity contribution is 5.91. The molecule has 0 atom stereocenters. The molecule has 0 bridgehead atoms. The van der Waals surface area contributed by atoms with Crippen molar-refractivity contribution in [1.29, 1.82) is 0 Å². The Bertz CT molecular complexity index is 879. The van der Waals surface area contributed by atoms with Crippen molar-refractivity contribution >= 4 is 17.5 Å². The number of amides is 1. The number of benzene rings is 1. The van der Waals surface area contributed by atoms with Gasteiger partial charge >= 0.3 is 0 Å². The molecule has 4 rings (SSSR count). The van der Waals surface area contributed by atoms with Crippen LogP contribution in [0, 0.1) is 0 Å². The SMILES string of the molecule is Nc1ccc(-c2ccc(CC(=O)Nc3cc(C4CC4)[nH]n3)cc2)cn1. The van der Waals surface area contributed by atoms with Crippen LogP contribution in [0.2, 0.25) is 0 Å². The first kappa shape index (κ1) is 15.4. The van der Waals surface area contributed by atoms with E-state index in [9.17, 15) is 4.79 Å². The van der Waals surface area contributed by atoms with E-state index in [2.05, 4.69) is 20.5 Å². The molecule has 126 valence electrons. The number of aromatic amines is 1. The summed E-state index contributed by atoms with van der Waals surface area (Å²) in [5.74, 6) is 1.61. The van der Waals surface area contributed by atoms with Gasteiger partial charge in [-0.1, -0.05) is 24.3 Å². The van der Waals surface area contributed by atoms with Crippen molar-refractivity contribution in [1.82, 2.24) is 15.2 Å². The molecule has 1 amide bonds. The van der Waals surface area contributed by atoms with Gasteiger partial charge in [-0.3, -0.25) is 9.89 Å². The van der Waals surface area contributed by atoms with Gasteiger partial charge in [-0.25, -0.2) is 4.98 Å². The predicted octanol–water partition coefficient (Wildman–Crippen LogP) is 3.11.